The Morgan fingerprint density at radius 3 is 2.48 bits per heavy atom. The first-order valence-corrected chi connectivity index (χ1v) is 10.7. The summed E-state index contributed by atoms with van der Waals surface area (Å²) in [7, 11) is 0. The highest BCUT2D eigenvalue weighted by molar-refractivity contribution is 9.10. The van der Waals surface area contributed by atoms with Crippen molar-refractivity contribution in [3.8, 4) is 11.6 Å². The molecule has 2 aromatic heterocycles. The van der Waals surface area contributed by atoms with Crippen molar-refractivity contribution in [1.82, 2.24) is 9.55 Å². The number of nitrogens with zero attached hydrogens (tertiary/aromatic N) is 2. The lowest BCUT2D eigenvalue weighted by atomic mass is 10.1. The number of aryl methyl sites for hydroxylation is 3. The molecule has 27 heavy (non-hydrogen) atoms. The van der Waals surface area contributed by atoms with Crippen LogP contribution in [0.3, 0.4) is 0 Å². The Hall–Kier alpha value is -1.81. The average molecular weight is 429 g/mol. The SMILES string of the molecule is CCCc1ccc(Oc2nc(C)cc3c2c(C)cn3C(CC)CC)c(Br)c1. The maximum Gasteiger partial charge on any atom is 0.229 e. The Morgan fingerprint density at radius 1 is 1.11 bits per heavy atom. The number of aromatic nitrogens is 2. The minimum absolute atomic E-state index is 0.496. The maximum atomic E-state index is 6.31. The smallest absolute Gasteiger partial charge is 0.229 e. The highest BCUT2D eigenvalue weighted by Crippen LogP contribution is 2.37. The summed E-state index contributed by atoms with van der Waals surface area (Å²) in [6, 6.07) is 8.99. The van der Waals surface area contributed by atoms with Crippen LogP contribution >= 0.6 is 15.9 Å². The van der Waals surface area contributed by atoms with Crippen molar-refractivity contribution < 1.29 is 4.74 Å². The van der Waals surface area contributed by atoms with Gasteiger partial charge >= 0.3 is 0 Å². The first kappa shape index (κ1) is 19.9. The molecule has 0 aliphatic rings. The number of fused-ring (bicyclic) bond motifs is 1. The summed E-state index contributed by atoms with van der Waals surface area (Å²) < 4.78 is 9.67. The van der Waals surface area contributed by atoms with E-state index in [1.165, 1.54) is 16.6 Å². The van der Waals surface area contributed by atoms with Crippen molar-refractivity contribution in [3.63, 3.8) is 0 Å². The van der Waals surface area contributed by atoms with Crippen molar-refractivity contribution in [2.45, 2.75) is 66.3 Å². The number of benzene rings is 1. The van der Waals surface area contributed by atoms with Gasteiger partial charge in [0.2, 0.25) is 5.88 Å². The molecule has 0 N–H and O–H groups in total. The number of ether oxygens (including phenoxy) is 1. The number of hydrogen-bond acceptors (Lipinski definition) is 2. The van der Waals surface area contributed by atoms with E-state index in [2.05, 4.69) is 72.6 Å². The summed E-state index contributed by atoms with van der Waals surface area (Å²) in [5.74, 6) is 1.50. The monoisotopic (exact) mass is 428 g/mol. The van der Waals surface area contributed by atoms with E-state index in [0.29, 0.717) is 11.9 Å². The van der Waals surface area contributed by atoms with Gasteiger partial charge in [0.15, 0.2) is 0 Å². The summed E-state index contributed by atoms with van der Waals surface area (Å²) in [4.78, 5) is 4.73. The fourth-order valence-corrected chi connectivity index (χ4v) is 4.29. The van der Waals surface area contributed by atoms with Gasteiger partial charge in [-0.25, -0.2) is 4.98 Å². The fourth-order valence-electron chi connectivity index (χ4n) is 3.78. The van der Waals surface area contributed by atoms with Gasteiger partial charge < -0.3 is 9.30 Å². The van der Waals surface area contributed by atoms with E-state index >= 15 is 0 Å². The van der Waals surface area contributed by atoms with Crippen LogP contribution in [-0.2, 0) is 6.42 Å². The molecule has 0 saturated heterocycles. The fraction of sp³-hybridized carbons (Fsp3) is 0.435. The zero-order valence-electron chi connectivity index (χ0n) is 17.0. The number of halogens is 1. The first-order valence-electron chi connectivity index (χ1n) is 9.93. The van der Waals surface area contributed by atoms with Crippen LogP contribution in [0.1, 0.15) is 62.9 Å². The molecule has 0 aliphatic heterocycles. The van der Waals surface area contributed by atoms with Gasteiger partial charge in [0.25, 0.3) is 0 Å². The van der Waals surface area contributed by atoms with Gasteiger partial charge in [0.1, 0.15) is 5.75 Å². The van der Waals surface area contributed by atoms with Gasteiger partial charge in [-0.05, 0) is 78.4 Å². The largest absolute Gasteiger partial charge is 0.437 e. The molecule has 0 bridgehead atoms. The van der Waals surface area contributed by atoms with Crippen LogP contribution in [0.5, 0.6) is 11.6 Å². The molecule has 0 unspecified atom stereocenters. The van der Waals surface area contributed by atoms with Gasteiger partial charge in [0.05, 0.1) is 15.4 Å². The van der Waals surface area contributed by atoms with Crippen LogP contribution in [-0.4, -0.2) is 9.55 Å². The summed E-state index contributed by atoms with van der Waals surface area (Å²) in [6.07, 6.45) is 6.68. The Morgan fingerprint density at radius 2 is 1.85 bits per heavy atom. The molecule has 0 saturated carbocycles. The predicted octanol–water partition coefficient (Wildman–Crippen LogP) is 7.52. The standard InChI is InChI=1S/C23H29BrN2O/c1-6-9-17-10-11-21(19(24)13-17)27-23-22-15(4)14-26(18(7-2)8-3)20(22)12-16(5)25-23/h10-14,18H,6-9H2,1-5H3. The Labute approximate surface area is 170 Å². The average Bonchev–Trinajstić information content (AvgIpc) is 2.95. The number of pyridine rings is 1. The van der Waals surface area contributed by atoms with Crippen molar-refractivity contribution in [2.75, 3.05) is 0 Å². The van der Waals surface area contributed by atoms with Gasteiger partial charge in [-0.15, -0.1) is 0 Å². The minimum atomic E-state index is 0.496. The topological polar surface area (TPSA) is 27.1 Å². The normalized spacial score (nSPS) is 11.5. The first-order chi connectivity index (χ1) is 13.0. The van der Waals surface area contributed by atoms with Gasteiger partial charge in [-0.2, -0.15) is 0 Å². The molecule has 3 nitrogen and oxygen atoms in total. The highest BCUT2D eigenvalue weighted by atomic mass is 79.9. The van der Waals surface area contributed by atoms with E-state index in [-0.39, 0.29) is 0 Å². The summed E-state index contributed by atoms with van der Waals surface area (Å²) >= 11 is 3.67. The molecule has 1 aromatic carbocycles. The molecule has 0 amide bonds. The summed E-state index contributed by atoms with van der Waals surface area (Å²) in [5.41, 5.74) is 4.71. The zero-order chi connectivity index (χ0) is 19.6. The minimum Gasteiger partial charge on any atom is -0.437 e. The molecule has 0 radical (unpaired) electrons. The Balaban J connectivity index is 2.07. The predicted molar refractivity (Wildman–Crippen MR) is 117 cm³/mol. The highest BCUT2D eigenvalue weighted by Gasteiger charge is 2.18. The number of hydrogen-bond donors (Lipinski definition) is 0. The second kappa shape index (κ2) is 8.47. The summed E-state index contributed by atoms with van der Waals surface area (Å²) in [6.45, 7) is 10.9. The third-order valence-electron chi connectivity index (χ3n) is 5.18. The molecule has 3 rings (SSSR count). The lowest BCUT2D eigenvalue weighted by Crippen LogP contribution is -2.05. The van der Waals surface area contributed by atoms with Crippen LogP contribution in [0, 0.1) is 13.8 Å². The number of rotatable bonds is 7. The van der Waals surface area contributed by atoms with E-state index in [4.69, 9.17) is 9.72 Å². The van der Waals surface area contributed by atoms with Gasteiger partial charge in [0, 0.05) is 17.9 Å². The third-order valence-corrected chi connectivity index (χ3v) is 5.80. The Bertz CT molecular complexity index is 941. The van der Waals surface area contributed by atoms with E-state index in [1.807, 2.05) is 13.0 Å². The van der Waals surface area contributed by atoms with E-state index < -0.39 is 0 Å². The van der Waals surface area contributed by atoms with Crippen LogP contribution < -0.4 is 4.74 Å². The molecular weight excluding hydrogens is 400 g/mol. The third kappa shape index (κ3) is 4.06. The molecule has 0 fully saturated rings. The van der Waals surface area contributed by atoms with E-state index in [0.717, 1.165) is 47.0 Å². The lowest BCUT2D eigenvalue weighted by Gasteiger charge is -2.17. The second-order valence-corrected chi connectivity index (χ2v) is 8.12. The van der Waals surface area contributed by atoms with E-state index in [1.54, 1.807) is 0 Å². The molecule has 0 spiro atoms. The molecule has 2 heterocycles. The van der Waals surface area contributed by atoms with E-state index in [9.17, 15) is 0 Å². The second-order valence-electron chi connectivity index (χ2n) is 7.27. The Kier molecular flexibility index (Phi) is 6.25. The zero-order valence-corrected chi connectivity index (χ0v) is 18.6. The van der Waals surface area contributed by atoms with Crippen molar-refractivity contribution in [1.29, 1.82) is 0 Å². The van der Waals surface area contributed by atoms with Crippen LogP contribution in [0.4, 0.5) is 0 Å². The molecule has 144 valence electrons. The van der Waals surface area contributed by atoms with Crippen molar-refractivity contribution >= 4 is 26.8 Å². The van der Waals surface area contributed by atoms with Gasteiger partial charge in [-0.3, -0.25) is 0 Å². The van der Waals surface area contributed by atoms with Crippen LogP contribution in [0.2, 0.25) is 0 Å². The van der Waals surface area contributed by atoms with Gasteiger partial charge in [-0.1, -0.05) is 33.3 Å². The lowest BCUT2D eigenvalue weighted by molar-refractivity contribution is 0.463. The van der Waals surface area contributed by atoms with Crippen molar-refractivity contribution in [2.24, 2.45) is 0 Å². The molecule has 4 heteroatoms. The van der Waals surface area contributed by atoms with Crippen LogP contribution in [0.25, 0.3) is 10.9 Å². The maximum absolute atomic E-state index is 6.31. The quantitative estimate of drug-likeness (QED) is 0.388. The molecule has 0 atom stereocenters. The van der Waals surface area contributed by atoms with Crippen LogP contribution in [0.15, 0.2) is 34.9 Å². The molecular formula is C23H29BrN2O. The van der Waals surface area contributed by atoms with Crippen molar-refractivity contribution in [3.05, 3.63) is 51.8 Å². The molecule has 3 aromatic rings. The summed E-state index contributed by atoms with van der Waals surface area (Å²) in [5, 5.41) is 1.11. The molecule has 0 aliphatic carbocycles.